The van der Waals surface area contributed by atoms with Gasteiger partial charge in [-0.25, -0.2) is 4.79 Å². The molecule has 0 bridgehead atoms. The summed E-state index contributed by atoms with van der Waals surface area (Å²) >= 11 is 0. The van der Waals surface area contributed by atoms with Gasteiger partial charge in [-0.1, -0.05) is 6.92 Å². The molecule has 0 heterocycles. The first-order valence-corrected chi connectivity index (χ1v) is 6.29. The number of nitrogens with zero attached hydrogens (tertiary/aromatic N) is 3. The molecule has 0 aliphatic heterocycles. The van der Waals surface area contributed by atoms with Crippen LogP contribution in [-0.2, 0) is 19.0 Å². The van der Waals surface area contributed by atoms with Crippen LogP contribution in [0.15, 0.2) is 0 Å². The van der Waals surface area contributed by atoms with Crippen molar-refractivity contribution in [3.05, 3.63) is 0 Å². The number of hydrogen-bond donors (Lipinski definition) is 0. The molecular weight excluding hydrogens is 266 g/mol. The van der Waals surface area contributed by atoms with Crippen molar-refractivity contribution < 1.29 is 23.8 Å². The highest BCUT2D eigenvalue weighted by atomic mass is 16.6. The molecule has 0 N–H and O–H groups in total. The van der Waals surface area contributed by atoms with Crippen LogP contribution in [0.25, 0.3) is 0 Å². The van der Waals surface area contributed by atoms with Gasteiger partial charge in [0.1, 0.15) is 20.2 Å². The summed E-state index contributed by atoms with van der Waals surface area (Å²) in [6, 6.07) is 0. The maximum atomic E-state index is 11.6. The minimum atomic E-state index is -0.546. The van der Waals surface area contributed by atoms with Gasteiger partial charge in [0.15, 0.2) is 6.73 Å². The molecule has 0 aromatic carbocycles. The first kappa shape index (κ1) is 18.6. The third kappa shape index (κ3) is 7.93. The summed E-state index contributed by atoms with van der Waals surface area (Å²) in [5.74, 6) is -0.0853. The van der Waals surface area contributed by atoms with Gasteiger partial charge in [0, 0.05) is 27.6 Å². The lowest BCUT2D eigenvalue weighted by atomic mass is 10.4. The highest BCUT2D eigenvalue weighted by Crippen LogP contribution is 1.96. The van der Waals surface area contributed by atoms with E-state index in [9.17, 15) is 9.59 Å². The Bertz CT molecular complexity index is 301. The Labute approximate surface area is 120 Å². The molecule has 0 aromatic rings. The monoisotopic (exact) mass is 291 g/mol. The first-order chi connectivity index (χ1) is 9.42. The molecule has 8 nitrogen and oxygen atoms in total. The lowest BCUT2D eigenvalue weighted by Gasteiger charge is -2.22. The van der Waals surface area contributed by atoms with Crippen LogP contribution in [0.3, 0.4) is 0 Å². The lowest BCUT2D eigenvalue weighted by Crippen LogP contribution is -2.36. The van der Waals surface area contributed by atoms with Gasteiger partial charge >= 0.3 is 6.09 Å². The van der Waals surface area contributed by atoms with Crippen molar-refractivity contribution in [1.29, 1.82) is 0 Å². The van der Waals surface area contributed by atoms with Gasteiger partial charge in [-0.2, -0.15) is 0 Å². The fourth-order valence-corrected chi connectivity index (χ4v) is 1.25. The minimum Gasteiger partial charge on any atom is -0.428 e. The van der Waals surface area contributed by atoms with Crippen molar-refractivity contribution in [3.8, 4) is 0 Å². The molecule has 0 saturated heterocycles. The zero-order valence-corrected chi connectivity index (χ0v) is 12.9. The van der Waals surface area contributed by atoms with Crippen LogP contribution in [0, 0.1) is 0 Å². The molecule has 0 unspecified atom stereocenters. The van der Waals surface area contributed by atoms with Gasteiger partial charge in [-0.3, -0.25) is 14.6 Å². The molecule has 118 valence electrons. The van der Waals surface area contributed by atoms with Crippen molar-refractivity contribution in [1.82, 2.24) is 14.7 Å². The molecule has 0 rings (SSSR count). The Morgan fingerprint density at radius 3 is 2.15 bits per heavy atom. The summed E-state index contributed by atoms with van der Waals surface area (Å²) in [4.78, 5) is 27.3. The second kappa shape index (κ2) is 10.4. The summed E-state index contributed by atoms with van der Waals surface area (Å²) < 4.78 is 15.2. The van der Waals surface area contributed by atoms with Gasteiger partial charge in [-0.15, -0.1) is 0 Å². The van der Waals surface area contributed by atoms with Crippen molar-refractivity contribution in [2.45, 2.75) is 13.3 Å². The Balaban J connectivity index is 3.84. The number of amides is 2. The number of carbonyl (C=O) groups is 2. The second-order valence-electron chi connectivity index (χ2n) is 4.42. The predicted octanol–water partition coefficient (Wildman–Crippen LogP) is 0.348. The van der Waals surface area contributed by atoms with Crippen molar-refractivity contribution >= 4 is 12.0 Å². The van der Waals surface area contributed by atoms with E-state index in [1.54, 1.807) is 33.0 Å². The van der Waals surface area contributed by atoms with Gasteiger partial charge in [-0.05, 0) is 7.05 Å². The molecule has 20 heavy (non-hydrogen) atoms. The average Bonchev–Trinajstić information content (AvgIpc) is 2.43. The Hall–Kier alpha value is -1.38. The Kier molecular flexibility index (Phi) is 9.69. The normalized spacial score (nSPS) is 10.5. The van der Waals surface area contributed by atoms with Gasteiger partial charge in [0.2, 0.25) is 5.91 Å². The summed E-state index contributed by atoms with van der Waals surface area (Å²) in [7, 11) is 6.55. The quantitative estimate of drug-likeness (QED) is 0.571. The number of hydrogen-bond acceptors (Lipinski definition) is 6. The predicted molar refractivity (Wildman–Crippen MR) is 72.6 cm³/mol. The molecular formula is C12H25N3O5. The van der Waals surface area contributed by atoms with E-state index in [2.05, 4.69) is 0 Å². The van der Waals surface area contributed by atoms with E-state index in [1.165, 1.54) is 9.80 Å². The largest absolute Gasteiger partial charge is 0.428 e. The molecule has 0 fully saturated rings. The Morgan fingerprint density at radius 1 is 0.950 bits per heavy atom. The van der Waals surface area contributed by atoms with Crippen LogP contribution in [0.5, 0.6) is 0 Å². The maximum absolute atomic E-state index is 11.6. The van der Waals surface area contributed by atoms with Crippen LogP contribution in [0.2, 0.25) is 0 Å². The van der Waals surface area contributed by atoms with Crippen LogP contribution in [-0.4, -0.2) is 81.9 Å². The summed E-state index contributed by atoms with van der Waals surface area (Å²) in [5.41, 5.74) is 0. The molecule has 0 aromatic heterocycles. The Morgan fingerprint density at radius 2 is 1.60 bits per heavy atom. The van der Waals surface area contributed by atoms with Gasteiger partial charge in [0.05, 0.1) is 0 Å². The van der Waals surface area contributed by atoms with Crippen LogP contribution < -0.4 is 0 Å². The smallest absolute Gasteiger partial charge is 0.413 e. The first-order valence-electron chi connectivity index (χ1n) is 6.29. The van der Waals surface area contributed by atoms with E-state index in [0.29, 0.717) is 19.9 Å². The summed E-state index contributed by atoms with van der Waals surface area (Å²) in [5, 5.41) is 0. The molecule has 0 aliphatic carbocycles. The minimum absolute atomic E-state index is 0.0700. The van der Waals surface area contributed by atoms with E-state index in [1.807, 2.05) is 7.05 Å². The van der Waals surface area contributed by atoms with Crippen LogP contribution >= 0.6 is 0 Å². The summed E-state index contributed by atoms with van der Waals surface area (Å²) in [6.07, 6.45) is -0.172. The van der Waals surface area contributed by atoms with Gasteiger partial charge < -0.3 is 19.1 Å². The highest BCUT2D eigenvalue weighted by Gasteiger charge is 2.13. The number of carbonyl (C=O) groups excluding carboxylic acids is 2. The topological polar surface area (TPSA) is 71.5 Å². The van der Waals surface area contributed by atoms with Crippen molar-refractivity contribution in [2.24, 2.45) is 0 Å². The SMILES string of the molecule is CCC(=O)N(C)COC(=O)N(C)COCN(C)COC. The standard InChI is InChI=1S/C12H25N3O5/c1-6-11(16)14(3)10-20-12(17)15(4)9-19-8-13(2)7-18-5/h6-10H2,1-5H3. The average molecular weight is 291 g/mol. The van der Waals surface area contributed by atoms with E-state index < -0.39 is 6.09 Å². The molecule has 0 radical (unpaired) electrons. The maximum Gasteiger partial charge on any atom is 0.413 e. The van der Waals surface area contributed by atoms with Gasteiger partial charge in [0.25, 0.3) is 0 Å². The van der Waals surface area contributed by atoms with Crippen molar-refractivity contribution in [3.63, 3.8) is 0 Å². The highest BCUT2D eigenvalue weighted by molar-refractivity contribution is 5.75. The van der Waals surface area contributed by atoms with Crippen LogP contribution in [0.4, 0.5) is 4.79 Å². The number of rotatable bonds is 9. The number of methoxy groups -OCH3 is 1. The molecule has 0 spiro atoms. The third-order valence-electron chi connectivity index (χ3n) is 2.37. The van der Waals surface area contributed by atoms with Crippen molar-refractivity contribution in [2.75, 3.05) is 55.2 Å². The fraction of sp³-hybridized carbons (Fsp3) is 0.833. The molecule has 0 aliphatic rings. The lowest BCUT2D eigenvalue weighted by molar-refractivity contribution is -0.133. The third-order valence-corrected chi connectivity index (χ3v) is 2.37. The van der Waals surface area contributed by atoms with E-state index in [-0.39, 0.29) is 19.4 Å². The van der Waals surface area contributed by atoms with Crippen LogP contribution in [0.1, 0.15) is 13.3 Å². The van der Waals surface area contributed by atoms with E-state index in [0.717, 1.165) is 0 Å². The number of ether oxygens (including phenoxy) is 3. The summed E-state index contributed by atoms with van der Waals surface area (Å²) in [6.45, 7) is 2.55. The molecule has 2 amide bonds. The zero-order chi connectivity index (χ0) is 15.5. The zero-order valence-electron chi connectivity index (χ0n) is 12.9. The molecule has 0 saturated carbocycles. The molecule has 8 heteroatoms. The van der Waals surface area contributed by atoms with E-state index in [4.69, 9.17) is 14.2 Å². The fourth-order valence-electron chi connectivity index (χ4n) is 1.25. The molecule has 0 atom stereocenters. The van der Waals surface area contributed by atoms with E-state index >= 15 is 0 Å². The second-order valence-corrected chi connectivity index (χ2v) is 4.42.